The first-order valence-electron chi connectivity index (χ1n) is 9.85. The minimum atomic E-state index is -0.254. The molecule has 1 aliphatic heterocycles. The Morgan fingerprint density at radius 3 is 2.14 bits per heavy atom. The van der Waals surface area contributed by atoms with E-state index >= 15 is 0 Å². The summed E-state index contributed by atoms with van der Waals surface area (Å²) in [6.45, 7) is 3.00. The molecule has 4 rings (SSSR count). The fourth-order valence-corrected chi connectivity index (χ4v) is 4.69. The van der Waals surface area contributed by atoms with Crippen LogP contribution in [0.5, 0.6) is 0 Å². The molecule has 0 aromatic heterocycles. The molecule has 2 N–H and O–H groups in total. The van der Waals surface area contributed by atoms with Crippen LogP contribution in [0.1, 0.15) is 35.1 Å². The SMILES string of the molecule is OCC(CO)N1CCN(C2CC(c3ccc(F)cc3)c3ccc(F)cc32)CC1. The lowest BCUT2D eigenvalue weighted by Gasteiger charge is -2.41. The van der Waals surface area contributed by atoms with Gasteiger partial charge in [0.15, 0.2) is 0 Å². The highest BCUT2D eigenvalue weighted by molar-refractivity contribution is 5.45. The van der Waals surface area contributed by atoms with Crippen molar-refractivity contribution in [2.75, 3.05) is 39.4 Å². The summed E-state index contributed by atoms with van der Waals surface area (Å²) < 4.78 is 27.4. The van der Waals surface area contributed by atoms with Crippen molar-refractivity contribution in [1.29, 1.82) is 0 Å². The molecule has 1 aliphatic carbocycles. The number of hydrogen-bond donors (Lipinski definition) is 2. The monoisotopic (exact) mass is 388 g/mol. The minimum absolute atomic E-state index is 0.0549. The highest BCUT2D eigenvalue weighted by atomic mass is 19.1. The first-order valence-corrected chi connectivity index (χ1v) is 9.85. The Balaban J connectivity index is 1.56. The molecule has 0 saturated carbocycles. The molecule has 2 unspecified atom stereocenters. The van der Waals surface area contributed by atoms with Gasteiger partial charge in [-0.2, -0.15) is 0 Å². The Kier molecular flexibility index (Phi) is 5.73. The van der Waals surface area contributed by atoms with Crippen LogP contribution in [0.25, 0.3) is 0 Å². The second-order valence-electron chi connectivity index (χ2n) is 7.72. The summed E-state index contributed by atoms with van der Waals surface area (Å²) >= 11 is 0. The van der Waals surface area contributed by atoms with E-state index in [0.29, 0.717) is 0 Å². The normalized spacial score (nSPS) is 23.3. The van der Waals surface area contributed by atoms with Gasteiger partial charge in [-0.25, -0.2) is 8.78 Å². The number of halogens is 2. The number of hydrogen-bond acceptors (Lipinski definition) is 4. The van der Waals surface area contributed by atoms with Crippen LogP contribution in [-0.2, 0) is 0 Å². The molecule has 1 heterocycles. The van der Waals surface area contributed by atoms with Gasteiger partial charge < -0.3 is 10.2 Å². The average Bonchev–Trinajstić information content (AvgIpc) is 3.09. The number of fused-ring (bicyclic) bond motifs is 1. The first kappa shape index (κ1) is 19.5. The highest BCUT2D eigenvalue weighted by Crippen LogP contribution is 2.47. The van der Waals surface area contributed by atoms with Gasteiger partial charge in [-0.1, -0.05) is 18.2 Å². The zero-order valence-electron chi connectivity index (χ0n) is 15.8. The Morgan fingerprint density at radius 2 is 1.50 bits per heavy atom. The molecule has 28 heavy (non-hydrogen) atoms. The third-order valence-electron chi connectivity index (χ3n) is 6.24. The second-order valence-corrected chi connectivity index (χ2v) is 7.72. The van der Waals surface area contributed by atoms with E-state index in [0.717, 1.165) is 49.3 Å². The molecule has 1 fully saturated rings. The van der Waals surface area contributed by atoms with Crippen molar-refractivity contribution < 1.29 is 19.0 Å². The van der Waals surface area contributed by atoms with Crippen molar-refractivity contribution in [2.24, 2.45) is 0 Å². The molecule has 4 nitrogen and oxygen atoms in total. The maximum Gasteiger partial charge on any atom is 0.123 e. The third-order valence-corrected chi connectivity index (χ3v) is 6.24. The van der Waals surface area contributed by atoms with Crippen LogP contribution in [0.3, 0.4) is 0 Å². The van der Waals surface area contributed by atoms with E-state index in [4.69, 9.17) is 0 Å². The Labute approximate surface area is 164 Å². The van der Waals surface area contributed by atoms with Gasteiger partial charge in [0.25, 0.3) is 0 Å². The van der Waals surface area contributed by atoms with E-state index in [1.54, 1.807) is 6.07 Å². The number of piperazine rings is 1. The zero-order valence-corrected chi connectivity index (χ0v) is 15.8. The van der Waals surface area contributed by atoms with E-state index < -0.39 is 0 Å². The van der Waals surface area contributed by atoms with Crippen LogP contribution in [0.2, 0.25) is 0 Å². The summed E-state index contributed by atoms with van der Waals surface area (Å²) in [5, 5.41) is 18.8. The van der Waals surface area contributed by atoms with E-state index in [9.17, 15) is 19.0 Å². The third kappa shape index (κ3) is 3.70. The van der Waals surface area contributed by atoms with E-state index in [2.05, 4.69) is 9.80 Å². The molecule has 6 heteroatoms. The predicted molar refractivity (Wildman–Crippen MR) is 103 cm³/mol. The van der Waals surface area contributed by atoms with Crippen molar-refractivity contribution in [3.05, 3.63) is 70.8 Å². The molecule has 2 aliphatic rings. The van der Waals surface area contributed by atoms with Gasteiger partial charge in [-0.05, 0) is 47.4 Å². The lowest BCUT2D eigenvalue weighted by molar-refractivity contribution is 0.0230. The van der Waals surface area contributed by atoms with Gasteiger partial charge >= 0.3 is 0 Å². The van der Waals surface area contributed by atoms with Crippen LogP contribution < -0.4 is 0 Å². The average molecular weight is 388 g/mol. The summed E-state index contributed by atoms with van der Waals surface area (Å²) in [6.07, 6.45) is 0.841. The van der Waals surface area contributed by atoms with Gasteiger partial charge in [0, 0.05) is 38.1 Å². The van der Waals surface area contributed by atoms with Crippen molar-refractivity contribution in [3.63, 3.8) is 0 Å². The fraction of sp³-hybridized carbons (Fsp3) is 0.455. The largest absolute Gasteiger partial charge is 0.395 e. The summed E-state index contributed by atoms with van der Waals surface area (Å²) in [4.78, 5) is 4.47. The number of benzene rings is 2. The van der Waals surface area contributed by atoms with Crippen molar-refractivity contribution in [3.8, 4) is 0 Å². The molecule has 1 saturated heterocycles. The molecule has 2 atom stereocenters. The summed E-state index contributed by atoms with van der Waals surface area (Å²) in [5.41, 5.74) is 3.18. The van der Waals surface area contributed by atoms with Crippen LogP contribution in [0.15, 0.2) is 42.5 Å². The lowest BCUT2D eigenvalue weighted by Crippen LogP contribution is -2.53. The van der Waals surface area contributed by atoms with Crippen molar-refractivity contribution >= 4 is 0 Å². The number of rotatable bonds is 5. The molecule has 0 spiro atoms. The van der Waals surface area contributed by atoms with Gasteiger partial charge in [0.2, 0.25) is 0 Å². The zero-order chi connectivity index (χ0) is 19.7. The van der Waals surface area contributed by atoms with E-state index in [-0.39, 0.29) is 42.8 Å². The van der Waals surface area contributed by atoms with Gasteiger partial charge in [0.1, 0.15) is 11.6 Å². The predicted octanol–water partition coefficient (Wildman–Crippen LogP) is 2.51. The van der Waals surface area contributed by atoms with Gasteiger partial charge in [-0.15, -0.1) is 0 Å². The molecular formula is C22H26F2N2O2. The molecule has 2 aromatic rings. The highest BCUT2D eigenvalue weighted by Gasteiger charge is 2.37. The van der Waals surface area contributed by atoms with Crippen LogP contribution in [0.4, 0.5) is 8.78 Å². The van der Waals surface area contributed by atoms with Crippen molar-refractivity contribution in [2.45, 2.75) is 24.4 Å². The van der Waals surface area contributed by atoms with Crippen molar-refractivity contribution in [1.82, 2.24) is 9.80 Å². The smallest absolute Gasteiger partial charge is 0.123 e. The van der Waals surface area contributed by atoms with Crippen LogP contribution in [0, 0.1) is 11.6 Å². The minimum Gasteiger partial charge on any atom is -0.395 e. The molecule has 2 aromatic carbocycles. The maximum absolute atomic E-state index is 14.0. The number of nitrogens with zero attached hydrogens (tertiary/aromatic N) is 2. The van der Waals surface area contributed by atoms with Gasteiger partial charge in [-0.3, -0.25) is 9.80 Å². The molecule has 0 radical (unpaired) electrons. The Bertz CT molecular complexity index is 803. The molecule has 150 valence electrons. The maximum atomic E-state index is 14.0. The molecular weight excluding hydrogens is 362 g/mol. The molecule has 0 bridgehead atoms. The summed E-state index contributed by atoms with van der Waals surface area (Å²) in [6, 6.07) is 11.5. The Hall–Kier alpha value is -1.86. The van der Waals surface area contributed by atoms with Crippen LogP contribution in [-0.4, -0.2) is 65.4 Å². The van der Waals surface area contributed by atoms with Crippen LogP contribution >= 0.6 is 0 Å². The van der Waals surface area contributed by atoms with E-state index in [1.165, 1.54) is 18.2 Å². The first-order chi connectivity index (χ1) is 13.6. The molecule has 0 amide bonds. The van der Waals surface area contributed by atoms with E-state index in [1.807, 2.05) is 18.2 Å². The standard InChI is InChI=1S/C22H26F2N2O2/c23-16-3-1-15(2-4-16)20-12-22(21-11-17(24)5-6-19(20)21)26-9-7-25(8-10-26)18(13-27)14-28/h1-6,11,18,20,22,27-28H,7-10,12-14H2. The number of aliphatic hydroxyl groups is 2. The fourth-order valence-electron chi connectivity index (χ4n) is 4.69. The summed E-state index contributed by atoms with van der Waals surface area (Å²) in [5.74, 6) is -0.360. The quantitative estimate of drug-likeness (QED) is 0.826. The Morgan fingerprint density at radius 1 is 0.857 bits per heavy atom. The number of aliphatic hydroxyl groups excluding tert-OH is 2. The lowest BCUT2D eigenvalue weighted by atomic mass is 9.93. The second kappa shape index (κ2) is 8.25. The summed E-state index contributed by atoms with van der Waals surface area (Å²) in [7, 11) is 0. The van der Waals surface area contributed by atoms with Gasteiger partial charge in [0.05, 0.1) is 19.3 Å². The topological polar surface area (TPSA) is 46.9 Å².